The Hall–Kier alpha value is -1.66. The van der Waals surface area contributed by atoms with Crippen molar-refractivity contribution in [3.8, 4) is 0 Å². The molecule has 1 spiro atoms. The van der Waals surface area contributed by atoms with E-state index in [1.54, 1.807) is 0 Å². The van der Waals surface area contributed by atoms with E-state index in [4.69, 9.17) is 32.7 Å². The third-order valence-corrected chi connectivity index (χ3v) is 9.31. The number of alkyl halides is 2. The van der Waals surface area contributed by atoms with Crippen LogP contribution in [-0.4, -0.2) is 48.5 Å². The normalized spacial score (nSPS) is 39.7. The molecule has 5 rings (SSSR count). The van der Waals surface area contributed by atoms with E-state index < -0.39 is 34.1 Å². The molecule has 5 aliphatic carbocycles. The molecule has 0 saturated heterocycles. The molecule has 8 heteroatoms. The van der Waals surface area contributed by atoms with Gasteiger partial charge in [0.2, 0.25) is 0 Å². The molecule has 180 valence electrons. The molecule has 0 N–H and O–H groups in total. The predicted octanol–water partition coefficient (Wildman–Crippen LogP) is 4.02. The Kier molecular flexibility index (Phi) is 6.32. The van der Waals surface area contributed by atoms with Crippen molar-refractivity contribution in [3.63, 3.8) is 0 Å². The van der Waals surface area contributed by atoms with Gasteiger partial charge in [-0.05, 0) is 55.1 Å². The molecule has 5 fully saturated rings. The van der Waals surface area contributed by atoms with Gasteiger partial charge in [0.05, 0.1) is 18.6 Å². The SMILES string of the molecule is C=C1C(=O)C23CC[C@H](CC2[C@]2(COC(=O)CCl)CCC[C@@](C)(COC(=O)CCl)C12)C(=C)C3=O. The molecule has 0 radical (unpaired) electrons. The maximum Gasteiger partial charge on any atom is 0.320 e. The predicted molar refractivity (Wildman–Crippen MR) is 123 cm³/mol. The minimum absolute atomic E-state index is 0.0204. The van der Waals surface area contributed by atoms with Gasteiger partial charge in [0.1, 0.15) is 11.8 Å². The molecular weight excluding hydrogens is 467 g/mol. The molecule has 0 amide bonds. The summed E-state index contributed by atoms with van der Waals surface area (Å²) in [6, 6.07) is 0. The zero-order valence-electron chi connectivity index (χ0n) is 18.9. The van der Waals surface area contributed by atoms with Crippen LogP contribution in [0, 0.1) is 34.0 Å². The van der Waals surface area contributed by atoms with Gasteiger partial charge in [-0.15, -0.1) is 23.2 Å². The van der Waals surface area contributed by atoms with Crippen molar-refractivity contribution in [2.75, 3.05) is 25.0 Å². The highest BCUT2D eigenvalue weighted by Gasteiger charge is 2.73. The molecule has 2 bridgehead atoms. The van der Waals surface area contributed by atoms with Crippen LogP contribution in [0.5, 0.6) is 0 Å². The molecule has 6 nitrogen and oxygen atoms in total. The number of hydrogen-bond donors (Lipinski definition) is 0. The zero-order valence-corrected chi connectivity index (χ0v) is 20.4. The van der Waals surface area contributed by atoms with Crippen LogP contribution in [0.15, 0.2) is 24.3 Å². The number of hydrogen-bond acceptors (Lipinski definition) is 6. The van der Waals surface area contributed by atoms with Crippen LogP contribution < -0.4 is 0 Å². The highest BCUT2D eigenvalue weighted by molar-refractivity contribution is 6.26. The van der Waals surface area contributed by atoms with Gasteiger partial charge in [-0.1, -0.05) is 26.5 Å². The van der Waals surface area contributed by atoms with Gasteiger partial charge >= 0.3 is 11.9 Å². The van der Waals surface area contributed by atoms with Crippen molar-refractivity contribution in [1.82, 2.24) is 0 Å². The van der Waals surface area contributed by atoms with Crippen molar-refractivity contribution < 1.29 is 28.7 Å². The molecule has 0 aromatic rings. The average molecular weight is 497 g/mol. The van der Waals surface area contributed by atoms with Crippen LogP contribution in [0.25, 0.3) is 0 Å². The Bertz CT molecular complexity index is 943. The summed E-state index contributed by atoms with van der Waals surface area (Å²) >= 11 is 11.3. The van der Waals surface area contributed by atoms with Gasteiger partial charge in [0.25, 0.3) is 0 Å². The van der Waals surface area contributed by atoms with Gasteiger partial charge < -0.3 is 9.47 Å². The Labute approximate surface area is 204 Å². The van der Waals surface area contributed by atoms with Crippen LogP contribution in [-0.2, 0) is 28.7 Å². The van der Waals surface area contributed by atoms with Crippen LogP contribution in [0.1, 0.15) is 45.4 Å². The van der Waals surface area contributed by atoms with Gasteiger partial charge in [-0.3, -0.25) is 19.2 Å². The average Bonchev–Trinajstić information content (AvgIpc) is 2.82. The maximum absolute atomic E-state index is 13.9. The molecule has 5 aliphatic rings. The first kappa shape index (κ1) is 24.5. The molecule has 0 aromatic carbocycles. The molecule has 33 heavy (non-hydrogen) atoms. The standard InChI is InChI=1S/C25H30Cl2O6/c1-14-16-5-8-25(21(14)30)17(9-16)24(13-33-19(29)11-27)7-4-6-23(3,12-32-18(28)10-26)20(24)15(2)22(25)31/h16-17,20H,1-2,4-13H2,3H3/t16-,17?,20?,23+,24-,25?/m1/s1. The van der Waals surface area contributed by atoms with Crippen LogP contribution in [0.3, 0.4) is 0 Å². The first-order valence-electron chi connectivity index (χ1n) is 11.5. The van der Waals surface area contributed by atoms with E-state index >= 15 is 0 Å². The lowest BCUT2D eigenvalue weighted by Gasteiger charge is -2.67. The number of carbonyl (C=O) groups excluding carboxylic acids is 4. The van der Waals surface area contributed by atoms with Crippen molar-refractivity contribution in [3.05, 3.63) is 24.3 Å². The Morgan fingerprint density at radius 1 is 0.970 bits per heavy atom. The molecular formula is C25H30Cl2O6. The number of fused-ring (bicyclic) bond motifs is 3. The lowest BCUT2D eigenvalue weighted by Crippen LogP contribution is -2.69. The van der Waals surface area contributed by atoms with Crippen molar-refractivity contribution in [2.45, 2.75) is 45.4 Å². The van der Waals surface area contributed by atoms with Crippen LogP contribution >= 0.6 is 23.2 Å². The molecule has 0 heterocycles. The quantitative estimate of drug-likeness (QED) is 0.239. The van der Waals surface area contributed by atoms with Gasteiger partial charge in [0, 0.05) is 16.7 Å². The van der Waals surface area contributed by atoms with E-state index in [1.165, 1.54) is 0 Å². The second-order valence-corrected chi connectivity index (χ2v) is 11.0. The third-order valence-electron chi connectivity index (χ3n) is 8.88. The summed E-state index contributed by atoms with van der Waals surface area (Å²) in [6.07, 6.45) is 4.01. The summed E-state index contributed by atoms with van der Waals surface area (Å²) in [5.74, 6) is -2.70. The smallest absolute Gasteiger partial charge is 0.320 e. The molecule has 6 atom stereocenters. The zero-order chi connectivity index (χ0) is 24.2. The van der Waals surface area contributed by atoms with Gasteiger partial charge in [-0.25, -0.2) is 0 Å². The van der Waals surface area contributed by atoms with E-state index in [0.717, 1.165) is 12.8 Å². The number of carbonyl (C=O) groups is 4. The van der Waals surface area contributed by atoms with E-state index in [-0.39, 0.29) is 48.4 Å². The second-order valence-electron chi connectivity index (χ2n) is 10.5. The summed E-state index contributed by atoms with van der Waals surface area (Å²) in [7, 11) is 0. The number of esters is 2. The van der Waals surface area contributed by atoms with Crippen LogP contribution in [0.4, 0.5) is 0 Å². The fraction of sp³-hybridized carbons (Fsp3) is 0.680. The Morgan fingerprint density at radius 3 is 2.21 bits per heavy atom. The first-order valence-corrected chi connectivity index (χ1v) is 12.5. The van der Waals surface area contributed by atoms with Crippen molar-refractivity contribution in [2.24, 2.45) is 34.0 Å². The van der Waals surface area contributed by atoms with Crippen LogP contribution in [0.2, 0.25) is 0 Å². The summed E-state index contributed by atoms with van der Waals surface area (Å²) < 4.78 is 11.1. The summed E-state index contributed by atoms with van der Waals surface area (Å²) in [5.41, 5.74) is -1.60. The fourth-order valence-corrected chi connectivity index (χ4v) is 7.81. The highest BCUT2D eigenvalue weighted by atomic mass is 35.5. The fourth-order valence-electron chi connectivity index (χ4n) is 7.65. The number of rotatable bonds is 6. The van der Waals surface area contributed by atoms with E-state index in [1.807, 2.05) is 6.92 Å². The summed E-state index contributed by atoms with van der Waals surface area (Å²) in [4.78, 5) is 51.5. The van der Waals surface area contributed by atoms with E-state index in [9.17, 15) is 19.2 Å². The monoisotopic (exact) mass is 496 g/mol. The lowest BCUT2D eigenvalue weighted by molar-refractivity contribution is -0.195. The molecule has 0 aliphatic heterocycles. The maximum atomic E-state index is 13.9. The lowest BCUT2D eigenvalue weighted by atomic mass is 9.35. The van der Waals surface area contributed by atoms with E-state index in [2.05, 4.69) is 13.2 Å². The topological polar surface area (TPSA) is 86.7 Å². The minimum atomic E-state index is -1.20. The summed E-state index contributed by atoms with van der Waals surface area (Å²) in [5, 5.41) is 0. The number of halogens is 2. The number of Topliss-reactive ketones (excluding diaryl/α,β-unsaturated/α-hetero) is 2. The van der Waals surface area contributed by atoms with Crippen molar-refractivity contribution in [1.29, 1.82) is 0 Å². The molecule has 0 aromatic heterocycles. The first-order chi connectivity index (χ1) is 15.6. The Morgan fingerprint density at radius 2 is 1.58 bits per heavy atom. The number of ether oxygens (including phenoxy) is 2. The second kappa shape index (κ2) is 8.53. The third kappa shape index (κ3) is 3.43. The molecule has 5 saturated carbocycles. The highest BCUT2D eigenvalue weighted by Crippen LogP contribution is 2.71. The largest absolute Gasteiger partial charge is 0.464 e. The summed E-state index contributed by atoms with van der Waals surface area (Å²) in [6.45, 7) is 10.3. The van der Waals surface area contributed by atoms with Gasteiger partial charge in [-0.2, -0.15) is 0 Å². The van der Waals surface area contributed by atoms with E-state index in [0.29, 0.717) is 36.8 Å². The van der Waals surface area contributed by atoms with Crippen molar-refractivity contribution >= 4 is 46.7 Å². The van der Waals surface area contributed by atoms with Gasteiger partial charge in [0.15, 0.2) is 11.6 Å². The Balaban J connectivity index is 1.84. The number of ketones is 2. The minimum Gasteiger partial charge on any atom is -0.464 e. The number of allylic oxidation sites excluding steroid dienone is 2. The molecule has 3 unspecified atom stereocenters.